The highest BCUT2D eigenvalue weighted by Crippen LogP contribution is 2.31. The summed E-state index contributed by atoms with van der Waals surface area (Å²) >= 11 is 0. The first-order valence-corrected chi connectivity index (χ1v) is 6.30. The number of aromatic carboxylic acids is 1. The number of anilines is 1. The molecular formula is C13H15N3O5. The first-order chi connectivity index (χ1) is 10.0. The minimum Gasteiger partial charge on any atom is -0.477 e. The van der Waals surface area contributed by atoms with Crippen LogP contribution in [0.25, 0.3) is 10.9 Å². The molecule has 21 heavy (non-hydrogen) atoms. The lowest BCUT2D eigenvalue weighted by molar-refractivity contribution is -0.383. The van der Waals surface area contributed by atoms with Crippen molar-refractivity contribution in [3.05, 3.63) is 34.0 Å². The molecule has 0 saturated carbocycles. The van der Waals surface area contributed by atoms with Crippen molar-refractivity contribution < 1.29 is 19.6 Å². The number of nitrogens with zero attached hydrogens (tertiary/aromatic N) is 1. The Morgan fingerprint density at radius 1 is 1.52 bits per heavy atom. The highest BCUT2D eigenvalue weighted by atomic mass is 16.6. The number of ether oxygens (including phenoxy) is 1. The molecule has 0 bridgehead atoms. The number of aromatic nitrogens is 1. The van der Waals surface area contributed by atoms with Gasteiger partial charge in [-0.3, -0.25) is 10.1 Å². The highest BCUT2D eigenvalue weighted by Gasteiger charge is 2.19. The third-order valence-corrected chi connectivity index (χ3v) is 3.04. The number of non-ortho nitro benzene ring substituents is 1. The predicted octanol–water partition coefficient (Wildman–Crippen LogP) is 2.22. The molecule has 0 saturated heterocycles. The summed E-state index contributed by atoms with van der Waals surface area (Å²) in [6.45, 7) is 1.21. The maximum absolute atomic E-state index is 11.0. The standard InChI is InChI=1S/C13H15N3O5/c1-21-6-2-5-14-9-3-4-11(16(19)20)12-8(9)7-10(15-12)13(17)18/h3-4,7,14-15H,2,5-6H2,1H3,(H,17,18). The smallest absolute Gasteiger partial charge is 0.352 e. The molecule has 1 aromatic carbocycles. The molecule has 0 radical (unpaired) electrons. The monoisotopic (exact) mass is 293 g/mol. The van der Waals surface area contributed by atoms with E-state index in [0.29, 0.717) is 24.2 Å². The average molecular weight is 293 g/mol. The average Bonchev–Trinajstić information content (AvgIpc) is 2.88. The van der Waals surface area contributed by atoms with Gasteiger partial charge in [0.2, 0.25) is 0 Å². The van der Waals surface area contributed by atoms with Gasteiger partial charge in [-0.25, -0.2) is 4.79 Å². The van der Waals surface area contributed by atoms with E-state index < -0.39 is 10.9 Å². The zero-order valence-corrected chi connectivity index (χ0v) is 11.4. The van der Waals surface area contributed by atoms with E-state index in [1.807, 2.05) is 0 Å². The molecule has 0 spiro atoms. The highest BCUT2D eigenvalue weighted by molar-refractivity contribution is 6.02. The van der Waals surface area contributed by atoms with Gasteiger partial charge in [0.1, 0.15) is 11.2 Å². The Bertz CT molecular complexity index is 680. The topological polar surface area (TPSA) is 117 Å². The Labute approximate surface area is 119 Å². The van der Waals surface area contributed by atoms with Gasteiger partial charge in [-0.1, -0.05) is 0 Å². The molecule has 8 nitrogen and oxygen atoms in total. The maximum Gasteiger partial charge on any atom is 0.352 e. The number of aromatic amines is 1. The van der Waals surface area contributed by atoms with E-state index in [1.165, 1.54) is 12.1 Å². The fourth-order valence-corrected chi connectivity index (χ4v) is 2.07. The van der Waals surface area contributed by atoms with Crippen LogP contribution >= 0.6 is 0 Å². The van der Waals surface area contributed by atoms with Crippen LogP contribution in [0.1, 0.15) is 16.9 Å². The Kier molecular flexibility index (Phi) is 4.39. The summed E-state index contributed by atoms with van der Waals surface area (Å²) in [5, 5.41) is 23.6. The zero-order chi connectivity index (χ0) is 15.4. The van der Waals surface area contributed by atoms with Crippen molar-refractivity contribution in [3.8, 4) is 0 Å². The van der Waals surface area contributed by atoms with Gasteiger partial charge in [0.25, 0.3) is 5.69 Å². The van der Waals surface area contributed by atoms with Gasteiger partial charge in [0, 0.05) is 37.4 Å². The summed E-state index contributed by atoms with van der Waals surface area (Å²) < 4.78 is 4.94. The molecule has 0 aliphatic carbocycles. The number of methoxy groups -OCH3 is 1. The first kappa shape index (κ1) is 14.8. The van der Waals surface area contributed by atoms with Crippen LogP contribution in [0.4, 0.5) is 11.4 Å². The van der Waals surface area contributed by atoms with Crippen LogP contribution in [-0.2, 0) is 4.74 Å². The van der Waals surface area contributed by atoms with Gasteiger partial charge < -0.3 is 20.1 Å². The second kappa shape index (κ2) is 6.23. The molecule has 3 N–H and O–H groups in total. The minimum absolute atomic E-state index is 0.0840. The number of carboxylic acids is 1. The number of hydrogen-bond acceptors (Lipinski definition) is 5. The molecule has 1 heterocycles. The van der Waals surface area contributed by atoms with E-state index in [0.717, 1.165) is 6.42 Å². The SMILES string of the molecule is COCCCNc1ccc([N+](=O)[O-])c2[nH]c(C(=O)O)cc12. The summed E-state index contributed by atoms with van der Waals surface area (Å²) in [5.74, 6) is -1.16. The van der Waals surface area contributed by atoms with Crippen LogP contribution in [0.3, 0.4) is 0 Å². The minimum atomic E-state index is -1.16. The van der Waals surface area contributed by atoms with Crippen LogP contribution in [0.2, 0.25) is 0 Å². The number of benzene rings is 1. The van der Waals surface area contributed by atoms with E-state index in [9.17, 15) is 14.9 Å². The van der Waals surface area contributed by atoms with Gasteiger partial charge in [-0.2, -0.15) is 0 Å². The quantitative estimate of drug-likeness (QED) is 0.409. The Hall–Kier alpha value is -2.61. The van der Waals surface area contributed by atoms with Crippen molar-refractivity contribution in [1.29, 1.82) is 0 Å². The number of nitro benzene ring substituents is 1. The van der Waals surface area contributed by atoms with Crippen molar-refractivity contribution in [1.82, 2.24) is 4.98 Å². The van der Waals surface area contributed by atoms with E-state index in [-0.39, 0.29) is 16.9 Å². The molecule has 0 unspecified atom stereocenters. The molecule has 0 aliphatic rings. The zero-order valence-electron chi connectivity index (χ0n) is 11.4. The molecule has 2 aromatic rings. The van der Waals surface area contributed by atoms with Gasteiger partial charge in [-0.05, 0) is 18.6 Å². The number of carbonyl (C=O) groups is 1. The van der Waals surface area contributed by atoms with Crippen LogP contribution in [0, 0.1) is 10.1 Å². The summed E-state index contributed by atoms with van der Waals surface area (Å²) in [5.41, 5.74) is 0.615. The second-order valence-electron chi connectivity index (χ2n) is 4.44. The fourth-order valence-electron chi connectivity index (χ4n) is 2.07. The van der Waals surface area contributed by atoms with Crippen molar-refractivity contribution in [2.45, 2.75) is 6.42 Å². The summed E-state index contributed by atoms with van der Waals surface area (Å²) in [7, 11) is 1.61. The molecule has 0 atom stereocenters. The number of H-pyrrole nitrogens is 1. The van der Waals surface area contributed by atoms with Gasteiger partial charge in [0.15, 0.2) is 0 Å². The molecule has 0 fully saturated rings. The third-order valence-electron chi connectivity index (χ3n) is 3.04. The molecular weight excluding hydrogens is 278 g/mol. The van der Waals surface area contributed by atoms with Crippen molar-refractivity contribution in [3.63, 3.8) is 0 Å². The largest absolute Gasteiger partial charge is 0.477 e. The number of carboxylic acid groups (broad SMARTS) is 1. The van der Waals surface area contributed by atoms with E-state index in [4.69, 9.17) is 9.84 Å². The number of nitro groups is 1. The predicted molar refractivity (Wildman–Crippen MR) is 76.9 cm³/mol. The number of nitrogens with one attached hydrogen (secondary N) is 2. The second-order valence-corrected chi connectivity index (χ2v) is 4.44. The van der Waals surface area contributed by atoms with Crippen molar-refractivity contribution in [2.75, 3.05) is 25.6 Å². The Morgan fingerprint density at radius 2 is 2.29 bits per heavy atom. The van der Waals surface area contributed by atoms with Crippen molar-refractivity contribution >= 4 is 28.2 Å². The van der Waals surface area contributed by atoms with E-state index in [1.54, 1.807) is 13.2 Å². The molecule has 8 heteroatoms. The summed E-state index contributed by atoms with van der Waals surface area (Å²) in [6.07, 6.45) is 0.769. The lowest BCUT2D eigenvalue weighted by Crippen LogP contribution is -2.05. The lowest BCUT2D eigenvalue weighted by atomic mass is 10.2. The summed E-state index contributed by atoms with van der Waals surface area (Å²) in [6, 6.07) is 4.32. The Morgan fingerprint density at radius 3 is 2.90 bits per heavy atom. The maximum atomic E-state index is 11.0. The molecule has 112 valence electrons. The van der Waals surface area contributed by atoms with Gasteiger partial charge >= 0.3 is 5.97 Å². The first-order valence-electron chi connectivity index (χ1n) is 6.30. The fraction of sp³-hybridized carbons (Fsp3) is 0.308. The number of hydrogen-bond donors (Lipinski definition) is 3. The van der Waals surface area contributed by atoms with Crippen molar-refractivity contribution in [2.24, 2.45) is 0 Å². The van der Waals surface area contributed by atoms with Gasteiger partial charge in [-0.15, -0.1) is 0 Å². The van der Waals surface area contributed by atoms with E-state index in [2.05, 4.69) is 10.3 Å². The van der Waals surface area contributed by atoms with Crippen LogP contribution in [0.5, 0.6) is 0 Å². The number of rotatable bonds is 7. The van der Waals surface area contributed by atoms with Crippen LogP contribution in [-0.4, -0.2) is 41.2 Å². The Balaban J connectivity index is 2.40. The lowest BCUT2D eigenvalue weighted by Gasteiger charge is -2.07. The molecule has 2 rings (SSSR count). The van der Waals surface area contributed by atoms with Crippen LogP contribution < -0.4 is 5.32 Å². The summed E-state index contributed by atoms with van der Waals surface area (Å²) in [4.78, 5) is 24.1. The molecule has 0 amide bonds. The molecule has 0 aliphatic heterocycles. The molecule has 1 aromatic heterocycles. The third kappa shape index (κ3) is 3.11. The normalized spacial score (nSPS) is 10.7. The van der Waals surface area contributed by atoms with Crippen LogP contribution in [0.15, 0.2) is 18.2 Å². The van der Waals surface area contributed by atoms with Gasteiger partial charge in [0.05, 0.1) is 4.92 Å². The van der Waals surface area contributed by atoms with E-state index >= 15 is 0 Å². The number of fused-ring (bicyclic) bond motifs is 1.